The number of sulfonamides is 1. The van der Waals surface area contributed by atoms with E-state index in [2.05, 4.69) is 5.10 Å². The third kappa shape index (κ3) is 3.85. The summed E-state index contributed by atoms with van der Waals surface area (Å²) in [6, 6.07) is 9.66. The molecule has 0 unspecified atom stereocenters. The molecule has 2 aromatic rings. The molecule has 0 saturated carbocycles. The van der Waals surface area contributed by atoms with Crippen LogP contribution >= 0.6 is 0 Å². The van der Waals surface area contributed by atoms with Crippen LogP contribution in [-0.2, 0) is 10.0 Å². The average molecular weight is 323 g/mol. The normalized spacial score (nSPS) is 11.5. The fraction of sp³-hybridized carbons (Fsp3) is 0. The summed E-state index contributed by atoms with van der Waals surface area (Å²) in [6.45, 7) is 0. The maximum absolute atomic E-state index is 12.7. The Kier molecular flexibility index (Phi) is 4.47. The maximum atomic E-state index is 12.7. The van der Waals surface area contributed by atoms with Crippen LogP contribution in [0.2, 0.25) is 0 Å². The predicted octanol–water partition coefficient (Wildman–Crippen LogP) is 2.05. The number of hydrogen-bond acceptors (Lipinski definition) is 5. The number of rotatable bonds is 5. The molecule has 0 fully saturated rings. The van der Waals surface area contributed by atoms with Gasteiger partial charge in [0.2, 0.25) is 0 Å². The molecule has 9 heteroatoms. The summed E-state index contributed by atoms with van der Waals surface area (Å²) in [6.07, 6.45) is 1.20. The molecule has 0 aliphatic carbocycles. The van der Waals surface area contributed by atoms with Gasteiger partial charge >= 0.3 is 0 Å². The zero-order chi connectivity index (χ0) is 16.2. The van der Waals surface area contributed by atoms with E-state index in [0.29, 0.717) is 5.56 Å². The summed E-state index contributed by atoms with van der Waals surface area (Å²) in [4.78, 5) is 11.8. The zero-order valence-corrected chi connectivity index (χ0v) is 11.8. The van der Waals surface area contributed by atoms with E-state index >= 15 is 0 Å². The van der Waals surface area contributed by atoms with Crippen molar-refractivity contribution in [3.05, 3.63) is 70.0 Å². The fourth-order valence-electron chi connectivity index (χ4n) is 1.52. The van der Waals surface area contributed by atoms with Gasteiger partial charge in [0.1, 0.15) is 5.82 Å². The van der Waals surface area contributed by atoms with Gasteiger partial charge in [-0.25, -0.2) is 9.22 Å². The number of benzene rings is 2. The molecule has 2 aromatic carbocycles. The molecule has 2 rings (SSSR count). The van der Waals surface area contributed by atoms with E-state index in [1.165, 1.54) is 30.5 Å². The predicted molar refractivity (Wildman–Crippen MR) is 77.4 cm³/mol. The van der Waals surface area contributed by atoms with Gasteiger partial charge in [-0.1, -0.05) is 0 Å². The van der Waals surface area contributed by atoms with Gasteiger partial charge < -0.3 is 0 Å². The summed E-state index contributed by atoms with van der Waals surface area (Å²) >= 11 is 0. The monoisotopic (exact) mass is 323 g/mol. The first-order chi connectivity index (χ1) is 10.4. The highest BCUT2D eigenvalue weighted by molar-refractivity contribution is 7.89. The quantitative estimate of drug-likeness (QED) is 0.517. The molecular formula is C13H10FN3O4S. The van der Waals surface area contributed by atoms with Crippen LogP contribution in [0.15, 0.2) is 58.5 Å². The first-order valence-corrected chi connectivity index (χ1v) is 7.42. The van der Waals surface area contributed by atoms with Crippen molar-refractivity contribution in [3.63, 3.8) is 0 Å². The number of hydrogen-bond donors (Lipinski definition) is 1. The van der Waals surface area contributed by atoms with Gasteiger partial charge in [0, 0.05) is 12.1 Å². The molecule has 0 saturated heterocycles. The van der Waals surface area contributed by atoms with Gasteiger partial charge in [-0.15, -0.1) is 0 Å². The van der Waals surface area contributed by atoms with Crippen molar-refractivity contribution < 1.29 is 17.7 Å². The molecule has 0 heterocycles. The Morgan fingerprint density at radius 1 is 1.09 bits per heavy atom. The summed E-state index contributed by atoms with van der Waals surface area (Å²) in [5, 5.41) is 14.1. The Morgan fingerprint density at radius 2 is 1.68 bits per heavy atom. The summed E-state index contributed by atoms with van der Waals surface area (Å²) < 4.78 is 36.4. The molecule has 114 valence electrons. The van der Waals surface area contributed by atoms with Crippen LogP contribution in [0, 0.1) is 15.9 Å². The van der Waals surface area contributed by atoms with Crippen molar-refractivity contribution in [2.75, 3.05) is 0 Å². The van der Waals surface area contributed by atoms with Gasteiger partial charge in [-0.3, -0.25) is 10.1 Å². The number of nitrogens with zero attached hydrogens (tertiary/aromatic N) is 2. The number of non-ortho nitro benzene ring substituents is 1. The molecule has 0 aliphatic rings. The van der Waals surface area contributed by atoms with Crippen molar-refractivity contribution in [2.24, 2.45) is 5.10 Å². The van der Waals surface area contributed by atoms with Crippen LogP contribution in [-0.4, -0.2) is 19.6 Å². The van der Waals surface area contributed by atoms with Crippen LogP contribution in [0.5, 0.6) is 0 Å². The second-order valence-corrected chi connectivity index (χ2v) is 5.82. The minimum Gasteiger partial charge on any atom is -0.258 e. The third-order valence-electron chi connectivity index (χ3n) is 2.61. The molecule has 0 radical (unpaired) electrons. The van der Waals surface area contributed by atoms with Gasteiger partial charge in [-0.05, 0) is 42.0 Å². The van der Waals surface area contributed by atoms with E-state index in [4.69, 9.17) is 0 Å². The van der Waals surface area contributed by atoms with Crippen molar-refractivity contribution in [1.29, 1.82) is 0 Å². The number of nitro groups is 1. The van der Waals surface area contributed by atoms with Gasteiger partial charge in [0.25, 0.3) is 15.7 Å². The highest BCUT2D eigenvalue weighted by Crippen LogP contribution is 2.11. The molecule has 1 N–H and O–H groups in total. The lowest BCUT2D eigenvalue weighted by Gasteiger charge is -2.02. The highest BCUT2D eigenvalue weighted by atomic mass is 32.2. The van der Waals surface area contributed by atoms with Crippen molar-refractivity contribution in [1.82, 2.24) is 4.83 Å². The third-order valence-corrected chi connectivity index (χ3v) is 3.85. The Hall–Kier alpha value is -2.81. The second-order valence-electron chi connectivity index (χ2n) is 4.16. The van der Waals surface area contributed by atoms with Crippen molar-refractivity contribution >= 4 is 21.9 Å². The van der Waals surface area contributed by atoms with Crippen molar-refractivity contribution in [2.45, 2.75) is 4.90 Å². The Balaban J connectivity index is 2.08. The standard InChI is InChI=1S/C13H10FN3O4S/c14-11-3-7-13(8-4-11)22(20,21)16-15-9-10-1-5-12(6-2-10)17(18)19/h1-9,16H/b15-9-. The average Bonchev–Trinajstić information content (AvgIpc) is 2.48. The van der Waals surface area contributed by atoms with Crippen LogP contribution in [0.25, 0.3) is 0 Å². The largest absolute Gasteiger partial charge is 0.276 e. The number of nitrogens with one attached hydrogen (secondary N) is 1. The van der Waals surface area contributed by atoms with Crippen LogP contribution in [0.4, 0.5) is 10.1 Å². The molecule has 22 heavy (non-hydrogen) atoms. The summed E-state index contributed by atoms with van der Waals surface area (Å²) in [7, 11) is -3.89. The van der Waals surface area contributed by atoms with Gasteiger partial charge in [0.15, 0.2) is 0 Å². The highest BCUT2D eigenvalue weighted by Gasteiger charge is 2.12. The number of nitro benzene ring substituents is 1. The van der Waals surface area contributed by atoms with E-state index in [-0.39, 0.29) is 10.6 Å². The van der Waals surface area contributed by atoms with E-state index in [0.717, 1.165) is 24.3 Å². The lowest BCUT2D eigenvalue weighted by Crippen LogP contribution is -2.18. The molecule has 0 atom stereocenters. The lowest BCUT2D eigenvalue weighted by atomic mass is 10.2. The van der Waals surface area contributed by atoms with Gasteiger partial charge in [0.05, 0.1) is 16.0 Å². The molecule has 0 aromatic heterocycles. The maximum Gasteiger partial charge on any atom is 0.276 e. The molecule has 0 amide bonds. The smallest absolute Gasteiger partial charge is 0.258 e. The van der Waals surface area contributed by atoms with E-state index < -0.39 is 20.8 Å². The van der Waals surface area contributed by atoms with Crippen LogP contribution < -0.4 is 4.83 Å². The molecular weight excluding hydrogens is 313 g/mol. The molecule has 0 aliphatic heterocycles. The summed E-state index contributed by atoms with van der Waals surface area (Å²) in [5.74, 6) is -0.548. The Labute approximate surface area is 125 Å². The zero-order valence-electron chi connectivity index (χ0n) is 11.0. The first kappa shape index (κ1) is 15.6. The second kappa shape index (κ2) is 6.31. The fourth-order valence-corrected chi connectivity index (χ4v) is 2.31. The molecule has 7 nitrogen and oxygen atoms in total. The topological polar surface area (TPSA) is 102 Å². The Morgan fingerprint density at radius 3 is 2.23 bits per heavy atom. The minimum atomic E-state index is -3.89. The van der Waals surface area contributed by atoms with E-state index in [9.17, 15) is 22.9 Å². The lowest BCUT2D eigenvalue weighted by molar-refractivity contribution is -0.384. The molecule has 0 bridgehead atoms. The van der Waals surface area contributed by atoms with Crippen molar-refractivity contribution in [3.8, 4) is 0 Å². The number of halogens is 1. The molecule has 0 spiro atoms. The Bertz CT molecular complexity index is 802. The SMILES string of the molecule is O=[N+]([O-])c1ccc(/C=N\NS(=O)(=O)c2ccc(F)cc2)cc1. The first-order valence-electron chi connectivity index (χ1n) is 5.93. The minimum absolute atomic E-state index is 0.0796. The van der Waals surface area contributed by atoms with E-state index in [1.807, 2.05) is 4.83 Å². The van der Waals surface area contributed by atoms with Gasteiger partial charge in [-0.2, -0.15) is 13.5 Å². The number of hydrazone groups is 1. The van der Waals surface area contributed by atoms with Crippen LogP contribution in [0.1, 0.15) is 5.56 Å². The summed E-state index contributed by atoms with van der Waals surface area (Å²) in [5.41, 5.74) is 0.399. The van der Waals surface area contributed by atoms with E-state index in [1.54, 1.807) is 0 Å². The van der Waals surface area contributed by atoms with Crippen LogP contribution in [0.3, 0.4) is 0 Å².